The van der Waals surface area contributed by atoms with Crippen molar-refractivity contribution < 1.29 is 0 Å². The summed E-state index contributed by atoms with van der Waals surface area (Å²) in [6, 6.07) is 9.18. The van der Waals surface area contributed by atoms with Crippen molar-refractivity contribution in [2.45, 2.75) is 45.6 Å². The molecule has 3 heteroatoms. The van der Waals surface area contributed by atoms with Crippen LogP contribution in [0.4, 0.5) is 5.69 Å². The number of aliphatic imine (C=N–C) groups is 1. The van der Waals surface area contributed by atoms with Gasteiger partial charge in [0.1, 0.15) is 0 Å². The van der Waals surface area contributed by atoms with Crippen LogP contribution in [0.15, 0.2) is 29.3 Å². The smallest absolute Gasteiger partial charge is 0.161 e. The number of thioether (sulfide) groups is 1. The van der Waals surface area contributed by atoms with Crippen LogP contribution in [0.25, 0.3) is 0 Å². The normalized spacial score (nSPS) is 19.8. The molecular weight excluding hydrogens is 240 g/mol. The molecule has 0 saturated carbocycles. The van der Waals surface area contributed by atoms with Crippen LogP contribution in [-0.4, -0.2) is 17.0 Å². The number of rotatable bonds is 3. The summed E-state index contributed by atoms with van der Waals surface area (Å²) in [5, 5.41) is 4.50. The largest absolute Gasteiger partial charge is 0.335 e. The Kier molecular flexibility index (Phi) is 4.70. The first-order chi connectivity index (χ1) is 8.69. The predicted octanol–water partition coefficient (Wildman–Crippen LogP) is 4.49. The van der Waals surface area contributed by atoms with Gasteiger partial charge in [-0.25, -0.2) is 0 Å². The minimum Gasteiger partial charge on any atom is -0.335 e. The van der Waals surface area contributed by atoms with Gasteiger partial charge >= 0.3 is 0 Å². The third-order valence-corrected chi connectivity index (χ3v) is 4.21. The Labute approximate surface area is 114 Å². The lowest BCUT2D eigenvalue weighted by molar-refractivity contribution is 0.634. The van der Waals surface area contributed by atoms with E-state index < -0.39 is 0 Å². The standard InChI is InChI=1S/C15H22N2S/c1-4-13-9-10-18-15(16-13)17-14-7-5-12(6-8-14)11(2)3/h5-8,11,13H,4,9-10H2,1-3H3,(H,16,17). The molecule has 0 spiro atoms. The molecule has 0 amide bonds. The van der Waals surface area contributed by atoms with Crippen LogP contribution >= 0.6 is 11.8 Å². The van der Waals surface area contributed by atoms with Crippen LogP contribution in [0.5, 0.6) is 0 Å². The number of benzene rings is 1. The molecule has 98 valence electrons. The number of hydrogen-bond donors (Lipinski definition) is 1. The maximum Gasteiger partial charge on any atom is 0.161 e. The molecule has 1 aliphatic rings. The van der Waals surface area contributed by atoms with Gasteiger partial charge < -0.3 is 5.32 Å². The molecule has 1 N–H and O–H groups in total. The van der Waals surface area contributed by atoms with E-state index in [1.54, 1.807) is 0 Å². The van der Waals surface area contributed by atoms with Crippen molar-refractivity contribution in [3.63, 3.8) is 0 Å². The fourth-order valence-electron chi connectivity index (χ4n) is 2.00. The van der Waals surface area contributed by atoms with Gasteiger partial charge in [-0.2, -0.15) is 0 Å². The van der Waals surface area contributed by atoms with Gasteiger partial charge in [0.2, 0.25) is 0 Å². The fourth-order valence-corrected chi connectivity index (χ4v) is 2.99. The van der Waals surface area contributed by atoms with E-state index in [0.29, 0.717) is 12.0 Å². The fraction of sp³-hybridized carbons (Fsp3) is 0.533. The maximum atomic E-state index is 4.72. The van der Waals surface area contributed by atoms with Crippen molar-refractivity contribution in [2.75, 3.05) is 11.1 Å². The Morgan fingerprint density at radius 2 is 2.06 bits per heavy atom. The molecule has 1 aliphatic heterocycles. The Morgan fingerprint density at radius 3 is 2.67 bits per heavy atom. The number of nitrogens with zero attached hydrogens (tertiary/aromatic N) is 1. The third-order valence-electron chi connectivity index (χ3n) is 3.29. The summed E-state index contributed by atoms with van der Waals surface area (Å²) in [6.07, 6.45) is 2.34. The van der Waals surface area contributed by atoms with Crippen LogP contribution in [0.1, 0.15) is 45.1 Å². The average Bonchev–Trinajstić information content (AvgIpc) is 2.39. The number of amidine groups is 1. The van der Waals surface area contributed by atoms with E-state index in [1.165, 1.54) is 17.7 Å². The van der Waals surface area contributed by atoms with E-state index in [0.717, 1.165) is 17.3 Å². The average molecular weight is 262 g/mol. The SMILES string of the molecule is CCC1CCSC(Nc2ccc(C(C)C)cc2)=N1. The van der Waals surface area contributed by atoms with Crippen molar-refractivity contribution in [2.24, 2.45) is 4.99 Å². The van der Waals surface area contributed by atoms with Crippen LogP contribution in [-0.2, 0) is 0 Å². The van der Waals surface area contributed by atoms with E-state index in [9.17, 15) is 0 Å². The second-order valence-corrected chi connectivity index (χ2v) is 6.12. The topological polar surface area (TPSA) is 24.4 Å². The zero-order chi connectivity index (χ0) is 13.0. The summed E-state index contributed by atoms with van der Waals surface area (Å²) in [5.41, 5.74) is 2.52. The third kappa shape index (κ3) is 3.52. The molecule has 1 unspecified atom stereocenters. The van der Waals surface area contributed by atoms with E-state index in [-0.39, 0.29) is 0 Å². The summed E-state index contributed by atoms with van der Waals surface area (Å²) in [4.78, 5) is 4.72. The first-order valence-electron chi connectivity index (χ1n) is 6.76. The molecule has 0 aromatic heterocycles. The highest BCUT2D eigenvalue weighted by atomic mass is 32.2. The van der Waals surface area contributed by atoms with Gasteiger partial charge in [0.15, 0.2) is 5.17 Å². The Hall–Kier alpha value is -0.960. The number of anilines is 1. The Balaban J connectivity index is 2.03. The van der Waals surface area contributed by atoms with Crippen LogP contribution in [0.3, 0.4) is 0 Å². The molecule has 0 bridgehead atoms. The van der Waals surface area contributed by atoms with E-state index >= 15 is 0 Å². The number of hydrogen-bond acceptors (Lipinski definition) is 3. The lowest BCUT2D eigenvalue weighted by Gasteiger charge is -2.19. The summed E-state index contributed by atoms with van der Waals surface area (Å²) < 4.78 is 0. The molecule has 0 fully saturated rings. The summed E-state index contributed by atoms with van der Waals surface area (Å²) in [5.74, 6) is 1.76. The highest BCUT2D eigenvalue weighted by Gasteiger charge is 2.13. The second kappa shape index (κ2) is 6.28. The van der Waals surface area contributed by atoms with Gasteiger partial charge in [0, 0.05) is 11.4 Å². The minimum atomic E-state index is 0.503. The Morgan fingerprint density at radius 1 is 1.33 bits per heavy atom. The molecular formula is C15H22N2S. The molecule has 18 heavy (non-hydrogen) atoms. The lowest BCUT2D eigenvalue weighted by atomic mass is 10.0. The monoisotopic (exact) mass is 262 g/mol. The van der Waals surface area contributed by atoms with E-state index in [4.69, 9.17) is 4.99 Å². The highest BCUT2D eigenvalue weighted by molar-refractivity contribution is 8.14. The quantitative estimate of drug-likeness (QED) is 0.867. The van der Waals surface area contributed by atoms with Gasteiger partial charge in [0.25, 0.3) is 0 Å². The van der Waals surface area contributed by atoms with Crippen molar-refractivity contribution in [1.29, 1.82) is 0 Å². The molecule has 1 atom stereocenters. The van der Waals surface area contributed by atoms with E-state index in [1.807, 2.05) is 11.8 Å². The molecule has 1 aromatic rings. The van der Waals surface area contributed by atoms with Crippen LogP contribution < -0.4 is 5.32 Å². The predicted molar refractivity (Wildman–Crippen MR) is 82.7 cm³/mol. The van der Waals surface area contributed by atoms with Gasteiger partial charge in [0.05, 0.1) is 6.04 Å². The van der Waals surface area contributed by atoms with Gasteiger partial charge in [-0.3, -0.25) is 4.99 Å². The zero-order valence-corrected chi connectivity index (χ0v) is 12.3. The van der Waals surface area contributed by atoms with Crippen molar-refractivity contribution >= 4 is 22.6 Å². The van der Waals surface area contributed by atoms with Crippen LogP contribution in [0, 0.1) is 0 Å². The lowest BCUT2D eigenvalue weighted by Crippen LogP contribution is -2.19. The molecule has 1 heterocycles. The second-order valence-electron chi connectivity index (χ2n) is 5.04. The van der Waals surface area contributed by atoms with Gasteiger partial charge in [-0.05, 0) is 36.5 Å². The van der Waals surface area contributed by atoms with E-state index in [2.05, 4.69) is 50.4 Å². The maximum absolute atomic E-state index is 4.72. The molecule has 1 aromatic carbocycles. The molecule has 0 aliphatic carbocycles. The molecule has 0 saturated heterocycles. The first-order valence-corrected chi connectivity index (χ1v) is 7.75. The molecule has 0 radical (unpaired) electrons. The summed E-state index contributed by atoms with van der Waals surface area (Å²) in [6.45, 7) is 6.64. The Bertz CT molecular complexity index is 409. The van der Waals surface area contributed by atoms with Gasteiger partial charge in [-0.1, -0.05) is 44.7 Å². The van der Waals surface area contributed by atoms with Gasteiger partial charge in [-0.15, -0.1) is 0 Å². The summed E-state index contributed by atoms with van der Waals surface area (Å²) in [7, 11) is 0. The van der Waals surface area contributed by atoms with Crippen LogP contribution in [0.2, 0.25) is 0 Å². The minimum absolute atomic E-state index is 0.503. The first kappa shape index (κ1) is 13.5. The highest BCUT2D eigenvalue weighted by Crippen LogP contribution is 2.22. The summed E-state index contributed by atoms with van der Waals surface area (Å²) >= 11 is 1.83. The van der Waals surface area contributed by atoms with Crippen molar-refractivity contribution in [3.05, 3.63) is 29.8 Å². The molecule has 2 nitrogen and oxygen atoms in total. The number of nitrogens with one attached hydrogen (secondary N) is 1. The van der Waals surface area contributed by atoms with Crippen molar-refractivity contribution in [3.8, 4) is 0 Å². The molecule has 2 rings (SSSR count). The zero-order valence-electron chi connectivity index (χ0n) is 11.4. The van der Waals surface area contributed by atoms with Crippen molar-refractivity contribution in [1.82, 2.24) is 0 Å².